The molecule has 0 radical (unpaired) electrons. The highest BCUT2D eigenvalue weighted by molar-refractivity contribution is 7.86. The molecule has 44 nitrogen and oxygen atoms in total. The van der Waals surface area contributed by atoms with Gasteiger partial charge in [-0.1, -0.05) is 22.8 Å². The molecular formula is C57H89N3O41S. The number of azide groups is 1. The molecule has 0 unspecified atom stereocenters. The van der Waals surface area contributed by atoms with Gasteiger partial charge in [0.25, 0.3) is 10.1 Å². The smallest absolute Gasteiger partial charge is 0.297 e. The standard InChI is InChI=1S/C57H89N3O41S/c1-14-4-15(2)49(16(3)5-14)102(83,84)85-13-24-48-32(74)40(82)57(93-24)100-47-23(12-66)91-55(38(80)30(47)72)96-43-19(8-62)87-51(34(76)26(43)68)94-41-17(6-59-60-58)86-50(33(75)25(41)67)95-42-18(7-61)88-52(35(77)27(42)69)97-44-20(9-63)89-53(36(78)28(44)70)98-45-21(10-64)90-54(37(79)29(45)71)99-46-22(11-65)92-56(101-48)39(81)31(46)73/h4-5,17-48,50-57,61-82H,6-13H2,1-3H3/t17-,18-,19-,20-,21-,22-,23-,24-,25-,26-,27-,28-,29-,30-,31-,32-,33-,34-,35-,36-,37-,38-,39-,40-,41-,42-,43-,44-,45-,46-,47-,48-,50-,51-,52-,53-,54-,55-,56-,57-/m1/s1. The maximum absolute atomic E-state index is 14.0. The van der Waals surface area contributed by atoms with Gasteiger partial charge in [0, 0.05) is 4.91 Å². The Morgan fingerprint density at radius 3 is 0.745 bits per heavy atom. The first-order chi connectivity index (χ1) is 48.4. The van der Waals surface area contributed by atoms with Gasteiger partial charge in [-0.2, -0.15) is 8.42 Å². The lowest BCUT2D eigenvalue weighted by molar-refractivity contribution is -0.403. The maximum Gasteiger partial charge on any atom is 0.297 e. The van der Waals surface area contributed by atoms with Crippen LogP contribution in [0.25, 0.3) is 10.4 Å². The molecule has 102 heavy (non-hydrogen) atoms. The summed E-state index contributed by atoms with van der Waals surface area (Å²) in [6.45, 7) is -4.15. The molecule has 1 aromatic carbocycles. The summed E-state index contributed by atoms with van der Waals surface area (Å²) in [5.74, 6) is 0. The summed E-state index contributed by atoms with van der Waals surface area (Å²) < 4.78 is 126. The topological polar surface area (TPSA) is 685 Å². The second kappa shape index (κ2) is 34.2. The van der Waals surface area contributed by atoms with Crippen molar-refractivity contribution in [2.24, 2.45) is 5.11 Å². The van der Waals surface area contributed by atoms with Crippen LogP contribution in [0.2, 0.25) is 0 Å². The minimum absolute atomic E-state index is 0.219. The summed E-state index contributed by atoms with van der Waals surface area (Å²) >= 11 is 0. The highest BCUT2D eigenvalue weighted by Gasteiger charge is 2.61. The van der Waals surface area contributed by atoms with Crippen molar-refractivity contribution in [3.05, 3.63) is 39.3 Å². The molecule has 0 amide bonds. The van der Waals surface area contributed by atoms with E-state index in [0.29, 0.717) is 5.56 Å². The molecule has 16 bridgehead atoms. The predicted octanol–water partition coefficient (Wildman–Crippen LogP) is -13.7. The van der Waals surface area contributed by atoms with Crippen molar-refractivity contribution in [3.8, 4) is 0 Å². The van der Waals surface area contributed by atoms with Crippen molar-refractivity contribution >= 4 is 10.1 Å². The predicted molar refractivity (Wildman–Crippen MR) is 315 cm³/mol. The number of ether oxygens (including phenoxy) is 16. The highest BCUT2D eigenvalue weighted by Crippen LogP contribution is 2.41. The average molecular weight is 1500 g/mol. The summed E-state index contributed by atoms with van der Waals surface area (Å²) in [5.41, 5.74) is 10.4. The number of nitrogens with zero attached hydrogens (tertiary/aromatic N) is 3. The fourth-order valence-corrected chi connectivity index (χ4v) is 15.1. The zero-order chi connectivity index (χ0) is 74.4. The summed E-state index contributed by atoms with van der Waals surface area (Å²) in [6.07, 6.45) is -85.3. The summed E-state index contributed by atoms with van der Waals surface area (Å²) in [7, 11) is -4.83. The number of aliphatic hydroxyl groups excluding tert-OH is 22. The van der Waals surface area contributed by atoms with Gasteiger partial charge in [0.05, 0.1) is 63.8 Å². The molecular weight excluding hydrogens is 1410 g/mol. The van der Waals surface area contributed by atoms with E-state index in [4.69, 9.17) is 80.0 Å². The molecule has 584 valence electrons. The number of benzene rings is 1. The largest absolute Gasteiger partial charge is 0.394 e. The first-order valence-electron chi connectivity index (χ1n) is 32.4. The number of aryl methyl sites for hydroxylation is 3. The highest BCUT2D eigenvalue weighted by atomic mass is 32.2. The maximum atomic E-state index is 14.0. The van der Waals surface area contributed by atoms with Crippen LogP contribution >= 0.6 is 0 Å². The third-order valence-corrected chi connectivity index (χ3v) is 20.7. The second-order valence-electron chi connectivity index (χ2n) is 26.0. The molecule has 31 rings (SSSR count). The minimum atomic E-state index is -4.83. The Morgan fingerprint density at radius 2 is 0.529 bits per heavy atom. The number of hydrogen-bond donors (Lipinski definition) is 22. The average Bonchev–Trinajstić information content (AvgIpc) is 0.772. The van der Waals surface area contributed by atoms with Crippen LogP contribution in [-0.2, 0) is 90.1 Å². The number of aliphatic hydroxyl groups is 22. The van der Waals surface area contributed by atoms with Crippen LogP contribution in [0.3, 0.4) is 0 Å². The fraction of sp³-hybridized carbons (Fsp3) is 0.895. The first-order valence-corrected chi connectivity index (χ1v) is 33.8. The van der Waals surface area contributed by atoms with Crippen LogP contribution in [0.15, 0.2) is 22.1 Å². The van der Waals surface area contributed by atoms with E-state index < -0.39 is 309 Å². The zero-order valence-corrected chi connectivity index (χ0v) is 55.1. The molecule has 0 saturated carbocycles. The van der Waals surface area contributed by atoms with Crippen molar-refractivity contribution in [3.63, 3.8) is 0 Å². The van der Waals surface area contributed by atoms with Crippen LogP contribution in [0.5, 0.6) is 0 Å². The quantitative estimate of drug-likeness (QED) is 0.0400. The molecule has 0 spiro atoms. The molecule has 30 fully saturated rings. The van der Waals surface area contributed by atoms with E-state index in [0.717, 1.165) is 0 Å². The molecule has 30 aliphatic heterocycles. The lowest BCUT2D eigenvalue weighted by atomic mass is 9.94. The fourth-order valence-electron chi connectivity index (χ4n) is 13.8. The summed E-state index contributed by atoms with van der Waals surface area (Å²) in [5, 5.41) is 252. The van der Waals surface area contributed by atoms with Gasteiger partial charge in [0.15, 0.2) is 50.3 Å². The van der Waals surface area contributed by atoms with E-state index in [1.807, 2.05) is 0 Å². The second-order valence-corrected chi connectivity index (χ2v) is 27.5. The lowest BCUT2D eigenvalue weighted by Gasteiger charge is -2.50. The van der Waals surface area contributed by atoms with E-state index in [1.165, 1.54) is 26.0 Å². The minimum Gasteiger partial charge on any atom is -0.394 e. The monoisotopic (exact) mass is 1500 g/mol. The van der Waals surface area contributed by atoms with E-state index in [2.05, 4.69) is 10.0 Å². The number of rotatable bonds is 12. The molecule has 30 saturated heterocycles. The lowest BCUT2D eigenvalue weighted by Crippen LogP contribution is -2.69. The normalized spacial score (nSPS) is 49.4. The van der Waals surface area contributed by atoms with E-state index in [-0.39, 0.29) is 16.0 Å². The van der Waals surface area contributed by atoms with Gasteiger partial charge in [-0.05, 0) is 37.4 Å². The van der Waals surface area contributed by atoms with Crippen LogP contribution in [0.4, 0.5) is 0 Å². The van der Waals surface area contributed by atoms with Gasteiger partial charge in [-0.25, -0.2) is 0 Å². The van der Waals surface area contributed by atoms with Crippen LogP contribution < -0.4 is 0 Å². The van der Waals surface area contributed by atoms with Crippen LogP contribution in [-0.4, -0.2) is 419 Å². The van der Waals surface area contributed by atoms with Gasteiger partial charge >= 0.3 is 0 Å². The third kappa shape index (κ3) is 16.4. The Hall–Kier alpha value is -3.08. The Balaban J connectivity index is 0.952. The Bertz CT molecular complexity index is 3010. The van der Waals surface area contributed by atoms with Gasteiger partial charge < -0.3 is 188 Å². The Labute approximate surface area is 577 Å². The van der Waals surface area contributed by atoms with Crippen molar-refractivity contribution in [1.82, 2.24) is 0 Å². The van der Waals surface area contributed by atoms with Crippen LogP contribution in [0.1, 0.15) is 16.7 Å². The molecule has 22 N–H and O–H groups in total. The van der Waals surface area contributed by atoms with Gasteiger partial charge in [-0.3, -0.25) is 4.18 Å². The molecule has 30 heterocycles. The molecule has 0 aliphatic carbocycles. The molecule has 0 aromatic heterocycles. The summed E-state index contributed by atoms with van der Waals surface area (Å²) in [6, 6.07) is 3.05. The summed E-state index contributed by atoms with van der Waals surface area (Å²) in [4.78, 5) is 2.34. The van der Waals surface area contributed by atoms with Gasteiger partial charge in [-0.15, -0.1) is 0 Å². The van der Waals surface area contributed by atoms with E-state index in [9.17, 15) is 126 Å². The molecule has 1 aromatic rings. The van der Waals surface area contributed by atoms with Crippen molar-refractivity contribution < 1.29 is 201 Å². The van der Waals surface area contributed by atoms with Crippen molar-refractivity contribution in [1.29, 1.82) is 0 Å². The number of hydrogen-bond acceptors (Lipinski definition) is 42. The first kappa shape index (κ1) is 81.4. The Kier molecular flexibility index (Phi) is 27.3. The van der Waals surface area contributed by atoms with Gasteiger partial charge in [0.1, 0.15) is 189 Å². The third-order valence-electron chi connectivity index (χ3n) is 19.1. The van der Waals surface area contributed by atoms with Crippen LogP contribution in [0, 0.1) is 20.8 Å². The molecule has 40 atom stereocenters. The van der Waals surface area contributed by atoms with Gasteiger partial charge in [0.2, 0.25) is 0 Å². The van der Waals surface area contributed by atoms with E-state index >= 15 is 0 Å². The Morgan fingerprint density at radius 1 is 0.333 bits per heavy atom. The van der Waals surface area contributed by atoms with E-state index in [1.54, 1.807) is 6.92 Å². The van der Waals surface area contributed by atoms with Crippen molar-refractivity contribution in [2.75, 3.05) is 52.8 Å². The molecule has 30 aliphatic rings. The van der Waals surface area contributed by atoms with Crippen molar-refractivity contribution in [2.45, 2.75) is 271 Å². The zero-order valence-electron chi connectivity index (χ0n) is 54.3. The SMILES string of the molecule is Cc1cc(C)c(S(=O)(=O)OC[C@H]2O[C@@H]3O[C@H]4[C@H](O)[C@@H](O)[C@@H](O[C@H]5[C@H](O)[C@@H](O)[C@@H](O[C@H]6[C@H](O)[C@@H](O)[C@@H](O[C@H]7[C@H](O)[C@@H](O)[C@@H](O[C@H]8[C@H](O)[C@@H](O)[C@@H](O[C@H]9[C@H](O)[C@@H](O)[C@@H](O[C@H]%10[C@H](O)[C@@H](O)[C@@H](O[C@H]2[C@H](O)[C@H]3O)O[C@@H]%10CO)O[C@@H]9CO)O[C@@H]8CO)O[C@@H]7CO)O[C@@H]6CN=[N+]=[N-])O[C@@H]5CO)O[C@@H]4CO)c(C)c1. The molecule has 45 heteroatoms.